The Balaban J connectivity index is 1.43. The number of methoxy groups -OCH3 is 1. The van der Waals surface area contributed by atoms with Crippen LogP contribution in [0.25, 0.3) is 11.4 Å². The molecule has 1 heterocycles. The molecule has 0 saturated heterocycles. The van der Waals surface area contributed by atoms with Crippen molar-refractivity contribution >= 4 is 29.3 Å². The quantitative estimate of drug-likeness (QED) is 0.600. The summed E-state index contributed by atoms with van der Waals surface area (Å²) < 4.78 is 5.14. The predicted molar refractivity (Wildman–Crippen MR) is 108 cm³/mol. The average Bonchev–Trinajstić information content (AvgIpc) is 3.17. The van der Waals surface area contributed by atoms with E-state index in [4.69, 9.17) is 16.3 Å². The highest BCUT2D eigenvalue weighted by atomic mass is 35.5. The zero-order valence-corrected chi connectivity index (χ0v) is 16.3. The Kier molecular flexibility index (Phi) is 6.73. The molecule has 0 aliphatic carbocycles. The molecule has 0 saturated carbocycles. The number of nitrogens with one attached hydrogen (secondary N) is 2. The lowest BCUT2D eigenvalue weighted by molar-refractivity contribution is -0.118. The van der Waals surface area contributed by atoms with Gasteiger partial charge in [0.25, 0.3) is 0 Å². The van der Waals surface area contributed by atoms with Gasteiger partial charge < -0.3 is 10.1 Å². The van der Waals surface area contributed by atoms with E-state index in [-0.39, 0.29) is 5.91 Å². The Morgan fingerprint density at radius 1 is 1.19 bits per heavy atom. The number of thioether (sulfide) groups is 1. The molecule has 3 aromatic rings. The molecule has 140 valence electrons. The van der Waals surface area contributed by atoms with Gasteiger partial charge in [0.15, 0.2) is 5.82 Å². The van der Waals surface area contributed by atoms with Crippen LogP contribution in [0.4, 0.5) is 0 Å². The van der Waals surface area contributed by atoms with Crippen LogP contribution < -0.4 is 10.1 Å². The SMILES string of the molecule is COc1ccc(-c2n[nH]c(CNC(=O)CSCc3ccc(Cl)cc3)n2)cc1. The van der Waals surface area contributed by atoms with Gasteiger partial charge in [-0.2, -0.15) is 5.10 Å². The van der Waals surface area contributed by atoms with Crippen LogP contribution in [0.15, 0.2) is 48.5 Å². The van der Waals surface area contributed by atoms with Crippen molar-refractivity contribution in [2.75, 3.05) is 12.9 Å². The largest absolute Gasteiger partial charge is 0.497 e. The highest BCUT2D eigenvalue weighted by molar-refractivity contribution is 7.99. The molecule has 0 atom stereocenters. The van der Waals surface area contributed by atoms with E-state index in [1.54, 1.807) is 18.9 Å². The number of halogens is 1. The van der Waals surface area contributed by atoms with Crippen molar-refractivity contribution in [2.45, 2.75) is 12.3 Å². The molecular formula is C19H19ClN4O2S. The molecule has 0 aliphatic rings. The number of carbonyl (C=O) groups excluding carboxylic acids is 1. The minimum absolute atomic E-state index is 0.0450. The van der Waals surface area contributed by atoms with E-state index in [2.05, 4.69) is 20.5 Å². The third-order valence-electron chi connectivity index (χ3n) is 3.75. The van der Waals surface area contributed by atoms with Crippen LogP contribution in [-0.2, 0) is 17.1 Å². The number of ether oxygens (including phenoxy) is 1. The van der Waals surface area contributed by atoms with Gasteiger partial charge in [-0.25, -0.2) is 4.98 Å². The standard InChI is InChI=1S/C19H19ClN4O2S/c1-26-16-8-4-14(5-9-16)19-22-17(23-24-19)10-21-18(25)12-27-11-13-2-6-15(20)7-3-13/h2-9H,10-12H2,1H3,(H,21,25)(H,22,23,24). The van der Waals surface area contributed by atoms with Crippen molar-refractivity contribution in [3.8, 4) is 17.1 Å². The third kappa shape index (κ3) is 5.74. The number of hydrogen-bond donors (Lipinski definition) is 2. The maximum absolute atomic E-state index is 12.0. The zero-order valence-electron chi connectivity index (χ0n) is 14.7. The van der Waals surface area contributed by atoms with E-state index in [1.807, 2.05) is 48.5 Å². The number of rotatable bonds is 8. The molecule has 2 N–H and O–H groups in total. The van der Waals surface area contributed by atoms with Gasteiger partial charge in [0.1, 0.15) is 11.6 Å². The molecule has 0 bridgehead atoms. The van der Waals surface area contributed by atoms with Gasteiger partial charge in [-0.05, 0) is 42.0 Å². The second kappa shape index (κ2) is 9.43. The Morgan fingerprint density at radius 3 is 2.63 bits per heavy atom. The van der Waals surface area contributed by atoms with Crippen LogP contribution in [0, 0.1) is 0 Å². The van der Waals surface area contributed by atoms with Crippen LogP contribution in [0.2, 0.25) is 5.02 Å². The summed E-state index contributed by atoms with van der Waals surface area (Å²) in [6.45, 7) is 0.309. The van der Waals surface area contributed by atoms with Crippen LogP contribution in [0.3, 0.4) is 0 Å². The molecule has 0 spiro atoms. The summed E-state index contributed by atoms with van der Waals surface area (Å²) >= 11 is 7.41. The highest BCUT2D eigenvalue weighted by Crippen LogP contribution is 2.19. The van der Waals surface area contributed by atoms with Crippen LogP contribution >= 0.6 is 23.4 Å². The zero-order chi connectivity index (χ0) is 19.1. The molecule has 2 aromatic carbocycles. The summed E-state index contributed by atoms with van der Waals surface area (Å²) in [4.78, 5) is 16.4. The molecule has 1 aromatic heterocycles. The second-order valence-corrected chi connectivity index (χ2v) is 7.15. The lowest BCUT2D eigenvalue weighted by Crippen LogP contribution is -2.25. The van der Waals surface area contributed by atoms with Crippen LogP contribution in [0.5, 0.6) is 5.75 Å². The van der Waals surface area contributed by atoms with Crippen molar-refractivity contribution in [3.05, 3.63) is 64.9 Å². The summed E-state index contributed by atoms with van der Waals surface area (Å²) in [5.74, 6) is 3.06. The first-order chi connectivity index (χ1) is 13.1. The van der Waals surface area contributed by atoms with Gasteiger partial charge in [-0.1, -0.05) is 23.7 Å². The van der Waals surface area contributed by atoms with Crippen molar-refractivity contribution in [1.29, 1.82) is 0 Å². The topological polar surface area (TPSA) is 79.9 Å². The van der Waals surface area contributed by atoms with Crippen molar-refractivity contribution in [1.82, 2.24) is 20.5 Å². The first-order valence-corrected chi connectivity index (χ1v) is 9.82. The minimum Gasteiger partial charge on any atom is -0.497 e. The van der Waals surface area contributed by atoms with Gasteiger partial charge in [0.05, 0.1) is 19.4 Å². The maximum Gasteiger partial charge on any atom is 0.230 e. The fourth-order valence-electron chi connectivity index (χ4n) is 2.32. The monoisotopic (exact) mass is 402 g/mol. The molecule has 0 unspecified atom stereocenters. The number of amides is 1. The first kappa shape index (κ1) is 19.3. The minimum atomic E-state index is -0.0450. The molecule has 27 heavy (non-hydrogen) atoms. The summed E-state index contributed by atoms with van der Waals surface area (Å²) in [5.41, 5.74) is 2.01. The fourth-order valence-corrected chi connectivity index (χ4v) is 3.26. The summed E-state index contributed by atoms with van der Waals surface area (Å²) in [7, 11) is 1.62. The molecule has 0 radical (unpaired) electrons. The van der Waals surface area contributed by atoms with Crippen molar-refractivity contribution in [3.63, 3.8) is 0 Å². The number of carbonyl (C=O) groups is 1. The molecule has 1 amide bonds. The van der Waals surface area contributed by atoms with Crippen LogP contribution in [-0.4, -0.2) is 34.0 Å². The Morgan fingerprint density at radius 2 is 1.93 bits per heavy atom. The van der Waals surface area contributed by atoms with Gasteiger partial charge in [-0.15, -0.1) is 11.8 Å². The lowest BCUT2D eigenvalue weighted by Gasteiger charge is -2.04. The normalized spacial score (nSPS) is 10.6. The van der Waals surface area contributed by atoms with Crippen molar-refractivity contribution < 1.29 is 9.53 Å². The van der Waals surface area contributed by atoms with E-state index < -0.39 is 0 Å². The molecular weight excluding hydrogens is 384 g/mol. The summed E-state index contributed by atoms with van der Waals surface area (Å²) in [5, 5.41) is 10.6. The van der Waals surface area contributed by atoms with Crippen LogP contribution in [0.1, 0.15) is 11.4 Å². The van der Waals surface area contributed by atoms with E-state index in [1.165, 1.54) is 0 Å². The van der Waals surface area contributed by atoms with E-state index in [0.29, 0.717) is 29.0 Å². The number of hydrogen-bond acceptors (Lipinski definition) is 5. The van der Waals surface area contributed by atoms with Gasteiger partial charge in [0, 0.05) is 16.3 Å². The van der Waals surface area contributed by atoms with E-state index >= 15 is 0 Å². The lowest BCUT2D eigenvalue weighted by atomic mass is 10.2. The Labute approximate surface area is 166 Å². The fraction of sp³-hybridized carbons (Fsp3) is 0.211. The molecule has 6 nitrogen and oxygen atoms in total. The number of nitrogens with zero attached hydrogens (tertiary/aromatic N) is 2. The summed E-state index contributed by atoms with van der Waals surface area (Å²) in [6, 6.07) is 15.1. The number of benzene rings is 2. The van der Waals surface area contributed by atoms with E-state index in [9.17, 15) is 4.79 Å². The number of aromatic amines is 1. The molecule has 3 rings (SSSR count). The average molecular weight is 403 g/mol. The van der Waals surface area contributed by atoms with Gasteiger partial charge in [-0.3, -0.25) is 9.89 Å². The van der Waals surface area contributed by atoms with Gasteiger partial charge in [0.2, 0.25) is 5.91 Å². The first-order valence-electron chi connectivity index (χ1n) is 8.28. The number of H-pyrrole nitrogens is 1. The molecule has 8 heteroatoms. The highest BCUT2D eigenvalue weighted by Gasteiger charge is 2.08. The second-order valence-electron chi connectivity index (χ2n) is 5.73. The number of aromatic nitrogens is 3. The Hall–Kier alpha value is -2.51. The summed E-state index contributed by atoms with van der Waals surface area (Å²) in [6.07, 6.45) is 0. The molecule has 0 aliphatic heterocycles. The predicted octanol–water partition coefficient (Wildman–Crippen LogP) is 3.68. The molecule has 0 fully saturated rings. The van der Waals surface area contributed by atoms with Crippen molar-refractivity contribution in [2.24, 2.45) is 0 Å². The third-order valence-corrected chi connectivity index (χ3v) is 5.00. The van der Waals surface area contributed by atoms with Gasteiger partial charge >= 0.3 is 0 Å². The Bertz CT molecular complexity index is 881. The smallest absolute Gasteiger partial charge is 0.230 e. The van der Waals surface area contributed by atoms with E-state index in [0.717, 1.165) is 22.6 Å². The maximum atomic E-state index is 12.0.